The van der Waals surface area contributed by atoms with Gasteiger partial charge in [-0.2, -0.15) is 0 Å². The number of hydrogen-bond donors (Lipinski definition) is 0. The average molecular weight is 216 g/mol. The SMILES string of the molecule is CN1CCN=C1Oc1ccccc1C1CC1. The number of para-hydroxylation sites is 1. The lowest BCUT2D eigenvalue weighted by molar-refractivity contribution is 0.420. The number of nitrogens with zero attached hydrogens (tertiary/aromatic N) is 2. The molecule has 1 fully saturated rings. The molecule has 1 heterocycles. The standard InChI is InChI=1S/C13H16N2O/c1-15-9-8-14-13(15)16-12-5-3-2-4-11(12)10-6-7-10/h2-5,10H,6-9H2,1H3. The van der Waals surface area contributed by atoms with Crippen LogP contribution in [-0.2, 0) is 0 Å². The van der Waals surface area contributed by atoms with Crippen molar-refractivity contribution in [2.24, 2.45) is 4.99 Å². The molecule has 0 amide bonds. The van der Waals surface area contributed by atoms with Gasteiger partial charge in [-0.25, -0.2) is 4.99 Å². The molecule has 1 aromatic carbocycles. The van der Waals surface area contributed by atoms with Gasteiger partial charge in [0.25, 0.3) is 6.02 Å². The van der Waals surface area contributed by atoms with E-state index in [-0.39, 0.29) is 0 Å². The van der Waals surface area contributed by atoms with Crippen LogP contribution in [0.2, 0.25) is 0 Å². The molecular formula is C13H16N2O. The Morgan fingerprint density at radius 2 is 2.12 bits per heavy atom. The van der Waals surface area contributed by atoms with Gasteiger partial charge in [-0.3, -0.25) is 0 Å². The van der Waals surface area contributed by atoms with Crippen LogP contribution in [-0.4, -0.2) is 31.1 Å². The largest absolute Gasteiger partial charge is 0.426 e. The van der Waals surface area contributed by atoms with Gasteiger partial charge in [0.2, 0.25) is 0 Å². The van der Waals surface area contributed by atoms with Crippen LogP contribution in [0.15, 0.2) is 29.3 Å². The van der Waals surface area contributed by atoms with Gasteiger partial charge in [0.05, 0.1) is 6.54 Å². The van der Waals surface area contributed by atoms with Crippen LogP contribution in [0.3, 0.4) is 0 Å². The normalized spacial score (nSPS) is 19.8. The van der Waals surface area contributed by atoms with Crippen molar-refractivity contribution >= 4 is 6.02 Å². The van der Waals surface area contributed by atoms with Crippen molar-refractivity contribution in [3.63, 3.8) is 0 Å². The summed E-state index contributed by atoms with van der Waals surface area (Å²) in [6, 6.07) is 9.08. The van der Waals surface area contributed by atoms with Crippen LogP contribution < -0.4 is 4.74 Å². The minimum absolute atomic E-state index is 0.712. The molecule has 0 unspecified atom stereocenters. The molecule has 3 heteroatoms. The van der Waals surface area contributed by atoms with Crippen molar-refractivity contribution in [1.29, 1.82) is 0 Å². The minimum atomic E-state index is 0.712. The summed E-state index contributed by atoms with van der Waals surface area (Å²) < 4.78 is 5.90. The van der Waals surface area contributed by atoms with Crippen LogP contribution in [0.4, 0.5) is 0 Å². The van der Waals surface area contributed by atoms with Gasteiger partial charge >= 0.3 is 0 Å². The third-order valence-corrected chi connectivity index (χ3v) is 3.15. The number of amidine groups is 1. The maximum Gasteiger partial charge on any atom is 0.292 e. The number of ether oxygens (including phenoxy) is 1. The van der Waals surface area contributed by atoms with Gasteiger partial charge in [-0.1, -0.05) is 18.2 Å². The van der Waals surface area contributed by atoms with E-state index in [1.807, 2.05) is 19.2 Å². The lowest BCUT2D eigenvalue weighted by Crippen LogP contribution is -2.27. The molecule has 0 radical (unpaired) electrons. The smallest absolute Gasteiger partial charge is 0.292 e. The highest BCUT2D eigenvalue weighted by atomic mass is 16.5. The Labute approximate surface area is 95.7 Å². The van der Waals surface area contributed by atoms with Crippen molar-refractivity contribution in [2.75, 3.05) is 20.1 Å². The molecule has 3 rings (SSSR count). The molecule has 0 N–H and O–H groups in total. The first-order chi connectivity index (χ1) is 7.84. The summed E-state index contributed by atoms with van der Waals surface area (Å²) in [4.78, 5) is 6.41. The monoisotopic (exact) mass is 216 g/mol. The van der Waals surface area contributed by atoms with E-state index in [0.717, 1.165) is 24.9 Å². The zero-order valence-electron chi connectivity index (χ0n) is 9.52. The van der Waals surface area contributed by atoms with Crippen molar-refractivity contribution in [3.05, 3.63) is 29.8 Å². The van der Waals surface area contributed by atoms with Gasteiger partial charge in [-0.05, 0) is 30.4 Å². The number of likely N-dealkylation sites (N-methyl/N-ethyl adjacent to an activating group) is 1. The zero-order chi connectivity index (χ0) is 11.0. The molecule has 0 spiro atoms. The fourth-order valence-electron chi connectivity index (χ4n) is 2.03. The maximum absolute atomic E-state index is 5.90. The Morgan fingerprint density at radius 1 is 1.31 bits per heavy atom. The molecular weight excluding hydrogens is 200 g/mol. The van der Waals surface area contributed by atoms with Gasteiger partial charge in [0, 0.05) is 13.6 Å². The Hall–Kier alpha value is -1.51. The second kappa shape index (κ2) is 3.81. The highest BCUT2D eigenvalue weighted by Crippen LogP contribution is 2.44. The van der Waals surface area contributed by atoms with E-state index in [9.17, 15) is 0 Å². The van der Waals surface area contributed by atoms with Crippen LogP contribution in [0, 0.1) is 0 Å². The summed E-state index contributed by atoms with van der Waals surface area (Å²) in [6.45, 7) is 1.80. The number of benzene rings is 1. The predicted octanol–water partition coefficient (Wildman–Crippen LogP) is 2.24. The van der Waals surface area contributed by atoms with Crippen molar-refractivity contribution in [3.8, 4) is 5.75 Å². The van der Waals surface area contributed by atoms with E-state index in [1.54, 1.807) is 0 Å². The van der Waals surface area contributed by atoms with E-state index >= 15 is 0 Å². The van der Waals surface area contributed by atoms with Crippen LogP contribution in [0.25, 0.3) is 0 Å². The molecule has 3 nitrogen and oxygen atoms in total. The van der Waals surface area contributed by atoms with E-state index < -0.39 is 0 Å². The lowest BCUT2D eigenvalue weighted by atomic mass is 10.1. The summed E-state index contributed by atoms with van der Waals surface area (Å²) in [5.41, 5.74) is 1.34. The van der Waals surface area contributed by atoms with E-state index in [2.05, 4.69) is 22.0 Å². The Balaban J connectivity index is 1.83. The number of aliphatic imine (C=N–C) groups is 1. The van der Waals surface area contributed by atoms with Gasteiger partial charge in [-0.15, -0.1) is 0 Å². The second-order valence-electron chi connectivity index (χ2n) is 4.50. The molecule has 1 aromatic rings. The highest BCUT2D eigenvalue weighted by molar-refractivity contribution is 5.78. The summed E-state index contributed by atoms with van der Waals surface area (Å²) in [5.74, 6) is 1.70. The number of rotatable bonds is 2. The number of hydrogen-bond acceptors (Lipinski definition) is 3. The summed E-state index contributed by atoms with van der Waals surface area (Å²) in [6.07, 6.45) is 2.59. The van der Waals surface area contributed by atoms with Gasteiger partial charge in [0.15, 0.2) is 0 Å². The first-order valence-electron chi connectivity index (χ1n) is 5.87. The van der Waals surface area contributed by atoms with E-state index in [1.165, 1.54) is 18.4 Å². The summed E-state index contributed by atoms with van der Waals surface area (Å²) in [5, 5.41) is 0. The summed E-state index contributed by atoms with van der Waals surface area (Å²) in [7, 11) is 2.02. The lowest BCUT2D eigenvalue weighted by Gasteiger charge is -2.15. The molecule has 1 aliphatic carbocycles. The fourth-order valence-corrected chi connectivity index (χ4v) is 2.03. The van der Waals surface area contributed by atoms with Crippen LogP contribution >= 0.6 is 0 Å². The minimum Gasteiger partial charge on any atom is -0.426 e. The molecule has 0 saturated heterocycles. The first-order valence-corrected chi connectivity index (χ1v) is 5.87. The highest BCUT2D eigenvalue weighted by Gasteiger charge is 2.27. The average Bonchev–Trinajstić information content (AvgIpc) is 3.06. The van der Waals surface area contributed by atoms with Gasteiger partial charge < -0.3 is 9.64 Å². The molecule has 2 aliphatic rings. The van der Waals surface area contributed by atoms with E-state index in [0.29, 0.717) is 5.92 Å². The Bertz CT molecular complexity index is 424. The third-order valence-electron chi connectivity index (χ3n) is 3.15. The van der Waals surface area contributed by atoms with Crippen LogP contribution in [0.1, 0.15) is 24.3 Å². The molecule has 16 heavy (non-hydrogen) atoms. The quantitative estimate of drug-likeness (QED) is 0.757. The molecule has 1 saturated carbocycles. The third kappa shape index (κ3) is 1.77. The Kier molecular flexibility index (Phi) is 2.31. The van der Waals surface area contributed by atoms with Gasteiger partial charge in [0.1, 0.15) is 5.75 Å². The topological polar surface area (TPSA) is 24.8 Å². The first kappa shape index (κ1) is 9.70. The molecule has 0 bridgehead atoms. The van der Waals surface area contributed by atoms with Crippen molar-refractivity contribution in [2.45, 2.75) is 18.8 Å². The Morgan fingerprint density at radius 3 is 2.81 bits per heavy atom. The maximum atomic E-state index is 5.90. The molecule has 1 aliphatic heterocycles. The molecule has 0 aromatic heterocycles. The molecule has 0 atom stereocenters. The second-order valence-corrected chi connectivity index (χ2v) is 4.50. The van der Waals surface area contributed by atoms with Crippen LogP contribution in [0.5, 0.6) is 5.75 Å². The predicted molar refractivity (Wildman–Crippen MR) is 64.0 cm³/mol. The van der Waals surface area contributed by atoms with Crippen molar-refractivity contribution < 1.29 is 4.74 Å². The van der Waals surface area contributed by atoms with Crippen molar-refractivity contribution in [1.82, 2.24) is 4.90 Å². The summed E-state index contributed by atoms with van der Waals surface area (Å²) >= 11 is 0. The molecule has 84 valence electrons. The zero-order valence-corrected chi connectivity index (χ0v) is 9.52. The fraction of sp³-hybridized carbons (Fsp3) is 0.462. The van der Waals surface area contributed by atoms with E-state index in [4.69, 9.17) is 4.74 Å².